The van der Waals surface area contributed by atoms with Crippen LogP contribution in [0.25, 0.3) is 44.8 Å². The quantitative estimate of drug-likeness (QED) is 0.123. The Kier molecular flexibility index (Phi) is 10.1. The van der Waals surface area contributed by atoms with Crippen LogP contribution >= 0.6 is 0 Å². The van der Waals surface area contributed by atoms with Gasteiger partial charge in [0.15, 0.2) is 5.69 Å². The highest BCUT2D eigenvalue weighted by Crippen LogP contribution is 2.40. The molecule has 0 radical (unpaired) electrons. The Hall–Kier alpha value is -6.82. The van der Waals surface area contributed by atoms with Gasteiger partial charge in [0.25, 0.3) is 5.69 Å². The van der Waals surface area contributed by atoms with Gasteiger partial charge in [0.2, 0.25) is 0 Å². The van der Waals surface area contributed by atoms with Crippen LogP contribution in [-0.2, 0) is 0 Å². The molecular formula is C39H30F2N6O4. The van der Waals surface area contributed by atoms with Crippen LogP contribution in [0, 0.1) is 28.7 Å². The van der Waals surface area contributed by atoms with Gasteiger partial charge in [-0.2, -0.15) is 0 Å². The third-order valence-electron chi connectivity index (χ3n) is 7.93. The molecule has 4 aromatic heterocycles. The normalized spacial score (nSPS) is 10.6. The molecule has 0 amide bonds. The minimum Gasteiger partial charge on any atom is -0.496 e. The van der Waals surface area contributed by atoms with E-state index in [2.05, 4.69) is 25.3 Å². The molecule has 0 bridgehead atoms. The van der Waals surface area contributed by atoms with Gasteiger partial charge in [0, 0.05) is 53.5 Å². The van der Waals surface area contributed by atoms with Crippen LogP contribution in [0.3, 0.4) is 0 Å². The van der Waals surface area contributed by atoms with Crippen LogP contribution in [0.2, 0.25) is 0 Å². The van der Waals surface area contributed by atoms with Crippen molar-refractivity contribution in [1.82, 2.24) is 19.9 Å². The molecule has 0 aliphatic carbocycles. The molecular weight excluding hydrogens is 654 g/mol. The smallest absolute Gasteiger partial charge is 0.295 e. The number of fused-ring (bicyclic) bond motifs is 1. The fourth-order valence-electron chi connectivity index (χ4n) is 5.60. The average Bonchev–Trinajstić information content (AvgIpc) is 3.16. The van der Waals surface area contributed by atoms with Crippen molar-refractivity contribution < 1.29 is 23.2 Å². The fourth-order valence-corrected chi connectivity index (χ4v) is 5.60. The number of para-hydroxylation sites is 2. The summed E-state index contributed by atoms with van der Waals surface area (Å²) in [5.74, 6) is -0.184. The second-order valence-corrected chi connectivity index (χ2v) is 11.0. The summed E-state index contributed by atoms with van der Waals surface area (Å²) < 4.78 is 39.9. The molecule has 51 heavy (non-hydrogen) atoms. The van der Waals surface area contributed by atoms with Gasteiger partial charge in [-0.15, -0.1) is 0 Å². The molecule has 7 aromatic rings. The van der Waals surface area contributed by atoms with Gasteiger partial charge in [0.05, 0.1) is 58.5 Å². The number of benzene rings is 3. The highest BCUT2D eigenvalue weighted by molar-refractivity contribution is 5.99. The van der Waals surface area contributed by atoms with Gasteiger partial charge in [-0.1, -0.05) is 30.3 Å². The highest BCUT2D eigenvalue weighted by atomic mass is 19.1. The van der Waals surface area contributed by atoms with Gasteiger partial charge >= 0.3 is 0 Å². The van der Waals surface area contributed by atoms with E-state index in [1.165, 1.54) is 31.5 Å². The van der Waals surface area contributed by atoms with Gasteiger partial charge < -0.3 is 14.8 Å². The van der Waals surface area contributed by atoms with Crippen molar-refractivity contribution in [2.75, 3.05) is 19.5 Å². The van der Waals surface area contributed by atoms with Gasteiger partial charge in [0.1, 0.15) is 23.1 Å². The molecule has 0 spiro atoms. The first-order valence-corrected chi connectivity index (χ1v) is 15.6. The molecule has 0 aliphatic heterocycles. The summed E-state index contributed by atoms with van der Waals surface area (Å²) in [7, 11) is 3.12. The summed E-state index contributed by atoms with van der Waals surface area (Å²) >= 11 is 0. The number of hydrogen-bond acceptors (Lipinski definition) is 9. The predicted molar refractivity (Wildman–Crippen MR) is 192 cm³/mol. The van der Waals surface area contributed by atoms with E-state index in [1.54, 1.807) is 55.9 Å². The zero-order valence-corrected chi connectivity index (χ0v) is 27.7. The van der Waals surface area contributed by atoms with Crippen molar-refractivity contribution in [1.29, 1.82) is 0 Å². The Bertz CT molecular complexity index is 2360. The maximum Gasteiger partial charge on any atom is 0.295 e. The number of anilines is 2. The first kappa shape index (κ1) is 34.1. The van der Waals surface area contributed by atoms with E-state index in [9.17, 15) is 14.5 Å². The maximum absolute atomic E-state index is 15.1. The SMILES string of the molecule is COc1ccccc1-c1ncccc1Nc1c(C)c(-c2ccccn2)nc2cc(F)cc(F)c12.COc1ccccc1-c1ncccc1[N+](=O)[O-]. The van der Waals surface area contributed by atoms with Gasteiger partial charge in [-0.25, -0.2) is 18.7 Å². The lowest BCUT2D eigenvalue weighted by Gasteiger charge is -2.19. The Labute approximate surface area is 291 Å². The summed E-state index contributed by atoms with van der Waals surface area (Å²) in [6.45, 7) is 1.83. The van der Waals surface area contributed by atoms with E-state index in [0.717, 1.165) is 11.6 Å². The second-order valence-electron chi connectivity index (χ2n) is 11.0. The fraction of sp³-hybridized carbons (Fsp3) is 0.0769. The summed E-state index contributed by atoms with van der Waals surface area (Å²) in [5, 5.41) is 14.5. The number of nitrogens with one attached hydrogen (secondary N) is 1. The average molecular weight is 685 g/mol. The number of hydrogen-bond donors (Lipinski definition) is 1. The van der Waals surface area contributed by atoms with E-state index in [-0.39, 0.29) is 16.6 Å². The molecule has 4 heterocycles. The Balaban J connectivity index is 0.000000221. The standard InChI is InChI=1S/C27H20F2N4O.C12H10N2O3/c1-16-25(20-9-5-6-12-30-20)33-22-15-17(28)14-19(29)24(22)26(16)32-21-10-7-13-31-27(21)18-8-3-4-11-23(18)34-2;1-17-11-7-3-2-5-9(11)12-10(14(15)16)6-4-8-13-12/h3-15H,1-2H3,(H,32,33);2-8H,1H3. The number of methoxy groups -OCH3 is 2. The summed E-state index contributed by atoms with van der Waals surface area (Å²) in [4.78, 5) is 28.0. The first-order valence-electron chi connectivity index (χ1n) is 15.6. The molecule has 0 fully saturated rings. The van der Waals surface area contributed by atoms with E-state index >= 15 is 4.39 Å². The molecule has 7 rings (SSSR count). The number of nitrogens with zero attached hydrogens (tertiary/aromatic N) is 5. The third kappa shape index (κ3) is 7.15. The van der Waals surface area contributed by atoms with Crippen LogP contribution in [0.15, 0.2) is 122 Å². The molecule has 0 saturated heterocycles. The molecule has 10 nitrogen and oxygen atoms in total. The zero-order chi connectivity index (χ0) is 35.9. The Morgan fingerprint density at radius 1 is 0.706 bits per heavy atom. The molecule has 1 N–H and O–H groups in total. The van der Waals surface area contributed by atoms with Crippen LogP contribution in [0.5, 0.6) is 11.5 Å². The Morgan fingerprint density at radius 3 is 1.96 bits per heavy atom. The Morgan fingerprint density at radius 2 is 1.31 bits per heavy atom. The molecule has 0 aliphatic rings. The monoisotopic (exact) mass is 684 g/mol. The lowest BCUT2D eigenvalue weighted by molar-refractivity contribution is -0.384. The number of pyridine rings is 4. The van der Waals surface area contributed by atoms with Crippen molar-refractivity contribution in [2.24, 2.45) is 0 Å². The van der Waals surface area contributed by atoms with Crippen molar-refractivity contribution in [2.45, 2.75) is 6.92 Å². The summed E-state index contributed by atoms with van der Waals surface area (Å²) in [6, 6.07) is 28.7. The van der Waals surface area contributed by atoms with Crippen LogP contribution in [0.4, 0.5) is 25.8 Å². The summed E-state index contributed by atoms with van der Waals surface area (Å²) in [6.07, 6.45) is 4.86. The zero-order valence-electron chi connectivity index (χ0n) is 27.7. The molecule has 254 valence electrons. The molecule has 12 heteroatoms. The van der Waals surface area contributed by atoms with Crippen LogP contribution < -0.4 is 14.8 Å². The topological polar surface area (TPSA) is 125 Å². The number of nitro groups is 1. The van der Waals surface area contributed by atoms with Crippen LogP contribution in [-0.4, -0.2) is 39.1 Å². The first-order chi connectivity index (χ1) is 24.8. The number of halogens is 2. The largest absolute Gasteiger partial charge is 0.496 e. The van der Waals surface area contributed by atoms with Crippen molar-refractivity contribution in [3.63, 3.8) is 0 Å². The summed E-state index contributed by atoms with van der Waals surface area (Å²) in [5.41, 5.74) is 5.40. The molecule has 0 saturated carbocycles. The lowest BCUT2D eigenvalue weighted by atomic mass is 10.0. The predicted octanol–water partition coefficient (Wildman–Crippen LogP) is 9.36. The number of ether oxygens (including phenoxy) is 2. The maximum atomic E-state index is 15.1. The minimum absolute atomic E-state index is 0.0306. The minimum atomic E-state index is -0.705. The number of aromatic nitrogens is 4. The van der Waals surface area contributed by atoms with Crippen molar-refractivity contribution in [3.8, 4) is 45.4 Å². The van der Waals surface area contributed by atoms with E-state index in [4.69, 9.17) is 9.47 Å². The second kappa shape index (κ2) is 15.2. The van der Waals surface area contributed by atoms with Crippen molar-refractivity contribution >= 4 is 28.0 Å². The van der Waals surface area contributed by atoms with Gasteiger partial charge in [-0.3, -0.25) is 20.1 Å². The highest BCUT2D eigenvalue weighted by Gasteiger charge is 2.21. The molecule has 0 atom stereocenters. The van der Waals surface area contributed by atoms with E-state index in [0.29, 0.717) is 56.8 Å². The van der Waals surface area contributed by atoms with E-state index < -0.39 is 16.6 Å². The molecule has 0 unspecified atom stereocenters. The van der Waals surface area contributed by atoms with Crippen molar-refractivity contribution in [3.05, 3.63) is 149 Å². The van der Waals surface area contributed by atoms with Crippen LogP contribution in [0.1, 0.15) is 5.56 Å². The van der Waals surface area contributed by atoms with Gasteiger partial charge in [-0.05, 0) is 61.5 Å². The van der Waals surface area contributed by atoms with E-state index in [1.807, 2.05) is 49.4 Å². The third-order valence-corrected chi connectivity index (χ3v) is 7.93. The molecule has 3 aromatic carbocycles. The lowest BCUT2D eigenvalue weighted by Crippen LogP contribution is -2.04. The number of rotatable bonds is 8.